The van der Waals surface area contributed by atoms with Crippen LogP contribution in [0.5, 0.6) is 5.75 Å². The zero-order chi connectivity index (χ0) is 101. The van der Waals surface area contributed by atoms with Crippen LogP contribution in [0.15, 0.2) is 54.6 Å². The molecule has 2 saturated heterocycles. The summed E-state index contributed by atoms with van der Waals surface area (Å²) in [5, 5.41) is 118. The average molecular weight is 1900 g/mol. The molecule has 51 nitrogen and oxygen atoms in total. The fraction of sp³-hybridized carbons (Fsp3) is 0.566. The van der Waals surface area contributed by atoms with Gasteiger partial charge < -0.3 is 142 Å². The molecule has 2 fully saturated rings. The molecule has 2 aromatic rings. The Kier molecular flexibility index (Phi) is 45.8. The number of carbonyl (C=O) groups excluding carboxylic acids is 17. The molecule has 51 heteroatoms. The number of carboxylic acids is 7. The van der Waals surface area contributed by atoms with E-state index in [0.29, 0.717) is 0 Å². The molecule has 28 N–H and O–H groups in total. The molecule has 2 aliphatic heterocycles. The minimum atomic E-state index is -2.18. The van der Waals surface area contributed by atoms with Gasteiger partial charge in [0.1, 0.15) is 96.4 Å². The molecule has 0 radical (unpaired) electrons. The van der Waals surface area contributed by atoms with Crippen LogP contribution >= 0.6 is 0 Å². The number of carboxylic acid groups (broad SMARTS) is 7. The summed E-state index contributed by atoms with van der Waals surface area (Å²) in [6.45, 7) is 6.09. The fourth-order valence-electron chi connectivity index (χ4n) is 14.1. The quantitative estimate of drug-likeness (QED) is 0.0293. The van der Waals surface area contributed by atoms with E-state index in [9.17, 15) is 156 Å². The molecule has 0 aromatic heterocycles. The van der Waals surface area contributed by atoms with E-state index < -0.39 is 348 Å². The standard InChI is InChI=1S/C83H118N18O33/c1-6-40(4)68(82(132)101-31-11-15-57(101)79(129)92-47(23-28-63(111)112)71(121)89-46(22-27-62(109)110)72(122)95-52(34-43-16-18-44(103)19-17-43)76(126)94-50(32-39(2)3)74(124)93-49(83(133)134)20-25-58(84)104)99-73(123)48(24-29-64(113)114)90-70(120)45(21-26-61(107)108)91-75(125)51(33-42-12-8-7-9-13-42)96-78(128)55(37-66(117)118)88-60(106)38-87-69(119)54(36-65(115)116)97-77(127)53(35-59(85)105)98-80(130)56-14-10-30-100(56)81(131)67(86)41(5)102/h7-9,12-13,16-19,39-41,45-57,67-68,102-103H,6,10-11,14-15,20-38,86H2,1-5H3,(H2,84,104)(H2,85,105)(H,87,119)(H,88,106)(H,89,121)(H,90,120)(H,91,125)(H,92,129)(H,93,124)(H,94,126)(H,95,122)(H,96,128)(H,97,127)(H,98,130)(H,99,123)(H,107,108)(H,109,110)(H,111,112)(H,113,114)(H,115,116)(H,117,118)(H,133,134)/t40-,41+,45-,46-,47-,48-,49-,50-,51-,52-,53-,54-,55-,56-,57-,67-,68-/m0/s1. The molecule has 0 aliphatic carbocycles. The van der Waals surface area contributed by atoms with Crippen LogP contribution in [0.2, 0.25) is 0 Å². The maximum absolute atomic E-state index is 15.0. The summed E-state index contributed by atoms with van der Waals surface area (Å²) in [5.74, 6) is -33.1. The summed E-state index contributed by atoms with van der Waals surface area (Å²) >= 11 is 0. The van der Waals surface area contributed by atoms with Crippen molar-refractivity contribution in [2.24, 2.45) is 29.0 Å². The van der Waals surface area contributed by atoms with Gasteiger partial charge in [0, 0.05) is 58.0 Å². The van der Waals surface area contributed by atoms with E-state index in [4.69, 9.17) is 17.2 Å². The minimum Gasteiger partial charge on any atom is -0.508 e. The Bertz CT molecular complexity index is 4600. The van der Waals surface area contributed by atoms with Crippen LogP contribution in [0.3, 0.4) is 0 Å². The number of primary amides is 2. The van der Waals surface area contributed by atoms with Gasteiger partial charge >= 0.3 is 41.8 Å². The van der Waals surface area contributed by atoms with Crippen molar-refractivity contribution in [2.45, 2.75) is 266 Å². The number of aliphatic hydroxyl groups is 1. The van der Waals surface area contributed by atoms with E-state index in [2.05, 4.69) is 53.2 Å². The van der Waals surface area contributed by atoms with Gasteiger partial charge in [0.2, 0.25) is 100 Å². The van der Waals surface area contributed by atoms with Gasteiger partial charge in [-0.2, -0.15) is 0 Å². The van der Waals surface area contributed by atoms with Gasteiger partial charge in [-0.15, -0.1) is 0 Å². The van der Waals surface area contributed by atoms with Gasteiger partial charge in [0.25, 0.3) is 0 Å². The van der Waals surface area contributed by atoms with Crippen molar-refractivity contribution >= 4 is 142 Å². The number of nitrogens with zero attached hydrogens (tertiary/aromatic N) is 2. The number of benzene rings is 2. The monoisotopic (exact) mass is 1890 g/mol. The molecule has 4 rings (SSSR count). The maximum atomic E-state index is 15.0. The smallest absolute Gasteiger partial charge is 0.326 e. The Morgan fingerprint density at radius 2 is 0.739 bits per heavy atom. The Balaban J connectivity index is 1.61. The molecular formula is C83H118N18O33. The second kappa shape index (κ2) is 54.9. The highest BCUT2D eigenvalue weighted by atomic mass is 16.4. The number of aliphatic hydroxyl groups excluding tert-OH is 1. The number of aliphatic carboxylic acids is 7. The van der Waals surface area contributed by atoms with E-state index in [-0.39, 0.29) is 74.4 Å². The normalized spacial score (nSPS) is 16.7. The SMILES string of the molecule is CC[C@H](C)[C@H](NC(=O)[C@H](CCC(=O)O)NC(=O)[C@H](CCC(=O)O)NC(=O)[C@H](Cc1ccccc1)NC(=O)[C@H](CC(=O)O)NC(=O)CNC(=O)[C@H](CC(=O)O)NC(=O)[C@H](CC(N)=O)NC(=O)[C@@H]1CCCN1C(=O)[C@@H](N)[C@@H](C)O)C(=O)N1CCC[C@H]1C(=O)N[C@@H](CCC(=O)O)C(=O)N[C@@H](CCC(=O)O)C(=O)N[C@@H](Cc1ccc(O)cc1)C(=O)N[C@@H](CC(C)C)C(=O)N[C@@H](CCC(N)=O)C(=O)O. The van der Waals surface area contributed by atoms with Crippen molar-refractivity contribution in [2.75, 3.05) is 19.6 Å². The molecule has 2 heterocycles. The first-order valence-electron chi connectivity index (χ1n) is 42.8. The highest BCUT2D eigenvalue weighted by Crippen LogP contribution is 2.25. The average Bonchev–Trinajstić information content (AvgIpc) is 1.47. The van der Waals surface area contributed by atoms with Gasteiger partial charge in [0.05, 0.1) is 31.9 Å². The first kappa shape index (κ1) is 112. The number of phenolic OH excluding ortho intramolecular Hbond substituents is 1. The minimum absolute atomic E-state index is 0.00487. The molecule has 2 aromatic carbocycles. The Morgan fingerprint density at radius 3 is 1.14 bits per heavy atom. The van der Waals surface area contributed by atoms with E-state index in [1.807, 2.05) is 16.0 Å². The van der Waals surface area contributed by atoms with E-state index in [1.54, 1.807) is 26.8 Å². The van der Waals surface area contributed by atoms with Crippen molar-refractivity contribution in [3.63, 3.8) is 0 Å². The van der Waals surface area contributed by atoms with Crippen LogP contribution in [0.4, 0.5) is 0 Å². The lowest BCUT2D eigenvalue weighted by Crippen LogP contribution is -2.61. The number of likely N-dealkylation sites (tertiary alicyclic amines) is 2. The Morgan fingerprint density at radius 1 is 0.388 bits per heavy atom. The van der Waals surface area contributed by atoms with Crippen LogP contribution in [0.25, 0.3) is 0 Å². The maximum Gasteiger partial charge on any atom is 0.326 e. The summed E-state index contributed by atoms with van der Waals surface area (Å²) < 4.78 is 0. The molecule has 0 saturated carbocycles. The molecule has 17 atom stereocenters. The summed E-state index contributed by atoms with van der Waals surface area (Å²) in [6.07, 6.45) is -13.3. The van der Waals surface area contributed by atoms with Crippen LogP contribution in [0, 0.1) is 11.8 Å². The number of rotatable bonds is 59. The second-order valence-electron chi connectivity index (χ2n) is 32.6. The predicted octanol–water partition coefficient (Wildman–Crippen LogP) is -7.47. The highest BCUT2D eigenvalue weighted by Gasteiger charge is 2.45. The Labute approximate surface area is 765 Å². The number of phenols is 1. The summed E-state index contributed by atoms with van der Waals surface area (Å²) in [4.78, 5) is 323. The lowest BCUT2D eigenvalue weighted by molar-refractivity contribution is -0.144. The van der Waals surface area contributed by atoms with Crippen molar-refractivity contribution < 1.29 is 161 Å². The number of amides is 17. The second-order valence-corrected chi connectivity index (χ2v) is 32.6. The largest absolute Gasteiger partial charge is 0.508 e. The third kappa shape index (κ3) is 38.5. The first-order chi connectivity index (χ1) is 62.9. The number of aromatic hydroxyl groups is 1. The van der Waals surface area contributed by atoms with Gasteiger partial charge in [-0.05, 0) is 106 Å². The van der Waals surface area contributed by atoms with Gasteiger partial charge in [0.15, 0.2) is 0 Å². The molecule has 738 valence electrons. The van der Waals surface area contributed by atoms with Crippen molar-refractivity contribution in [1.82, 2.24) is 78.9 Å². The van der Waals surface area contributed by atoms with Gasteiger partial charge in [-0.1, -0.05) is 76.6 Å². The van der Waals surface area contributed by atoms with Crippen molar-refractivity contribution in [1.29, 1.82) is 0 Å². The first-order valence-corrected chi connectivity index (χ1v) is 42.8. The zero-order valence-electron chi connectivity index (χ0n) is 74.0. The molecular weight excluding hydrogens is 1780 g/mol. The fourth-order valence-corrected chi connectivity index (χ4v) is 14.1. The number of carbonyl (C=O) groups is 24. The zero-order valence-corrected chi connectivity index (χ0v) is 74.0. The summed E-state index contributed by atoms with van der Waals surface area (Å²) in [6, 6.07) is -14.4. The summed E-state index contributed by atoms with van der Waals surface area (Å²) in [7, 11) is 0. The van der Waals surface area contributed by atoms with Crippen LogP contribution in [0.1, 0.15) is 168 Å². The van der Waals surface area contributed by atoms with Crippen molar-refractivity contribution in [3.8, 4) is 5.75 Å². The number of nitrogens with two attached hydrogens (primary N) is 3. The molecule has 0 bridgehead atoms. The molecule has 0 unspecified atom stereocenters. The lowest BCUT2D eigenvalue weighted by Gasteiger charge is -2.33. The molecule has 0 spiro atoms. The Hall–Kier alpha value is -14.6. The van der Waals surface area contributed by atoms with Gasteiger partial charge in [-0.3, -0.25) is 110 Å². The van der Waals surface area contributed by atoms with Crippen LogP contribution < -0.4 is 86.3 Å². The molecule has 2 aliphatic rings. The van der Waals surface area contributed by atoms with Crippen molar-refractivity contribution in [3.05, 3.63) is 65.7 Å². The van der Waals surface area contributed by atoms with Crippen LogP contribution in [-0.2, 0) is 128 Å². The third-order valence-corrected chi connectivity index (χ3v) is 21.4. The molecule has 17 amide bonds. The number of nitrogens with one attached hydrogen (secondary N) is 13. The topological polar surface area (TPSA) is 833 Å². The third-order valence-electron chi connectivity index (χ3n) is 21.4. The lowest BCUT2D eigenvalue weighted by atomic mass is 9.96. The summed E-state index contributed by atoms with van der Waals surface area (Å²) in [5.41, 5.74) is 16.9. The van der Waals surface area contributed by atoms with Gasteiger partial charge in [-0.25, -0.2) is 4.79 Å². The number of hydrogen-bond acceptors (Lipinski definition) is 27. The van der Waals surface area contributed by atoms with E-state index >= 15 is 4.79 Å². The number of hydrogen-bond donors (Lipinski definition) is 25. The molecule has 134 heavy (non-hydrogen) atoms. The predicted molar refractivity (Wildman–Crippen MR) is 458 cm³/mol. The van der Waals surface area contributed by atoms with Crippen LogP contribution in [-0.4, -0.2) is 314 Å². The van der Waals surface area contributed by atoms with E-state index in [1.165, 1.54) is 62.4 Å². The van der Waals surface area contributed by atoms with E-state index in [0.717, 1.165) is 9.80 Å². The highest BCUT2D eigenvalue weighted by molar-refractivity contribution is 6.03.